The average Bonchev–Trinajstić information content (AvgIpc) is 2.97. The van der Waals surface area contributed by atoms with E-state index in [0.29, 0.717) is 16.9 Å². The number of likely N-dealkylation sites (tertiary alicyclic amines) is 1. The number of carbonyl (C=O) groups excluding carboxylic acids is 2. The lowest BCUT2D eigenvalue weighted by atomic mass is 10.0. The van der Waals surface area contributed by atoms with E-state index < -0.39 is 6.10 Å². The fourth-order valence-corrected chi connectivity index (χ4v) is 3.26. The van der Waals surface area contributed by atoms with Crippen LogP contribution in [0, 0.1) is 5.82 Å². The highest BCUT2D eigenvalue weighted by atomic mass is 19.1. The van der Waals surface area contributed by atoms with Crippen molar-refractivity contribution in [3.05, 3.63) is 65.5 Å². The minimum atomic E-state index is -0.568. The number of hydrogen-bond donors (Lipinski definition) is 0. The molecular formula is C22H24FNO3. The molecule has 1 aliphatic rings. The molecule has 1 fully saturated rings. The van der Waals surface area contributed by atoms with Gasteiger partial charge in [0, 0.05) is 24.2 Å². The van der Waals surface area contributed by atoms with Crippen molar-refractivity contribution in [1.82, 2.24) is 4.90 Å². The zero-order valence-corrected chi connectivity index (χ0v) is 15.5. The van der Waals surface area contributed by atoms with Gasteiger partial charge in [0.05, 0.1) is 0 Å². The third kappa shape index (κ3) is 4.94. The van der Waals surface area contributed by atoms with Crippen LogP contribution in [0.1, 0.15) is 48.5 Å². The first-order valence-corrected chi connectivity index (χ1v) is 9.40. The third-order valence-corrected chi connectivity index (χ3v) is 4.80. The number of hydrogen-bond acceptors (Lipinski definition) is 3. The maximum absolute atomic E-state index is 13.0. The molecule has 27 heavy (non-hydrogen) atoms. The number of benzene rings is 2. The molecule has 0 aromatic heterocycles. The van der Waals surface area contributed by atoms with Crippen LogP contribution in [0.3, 0.4) is 0 Å². The highest BCUT2D eigenvalue weighted by Crippen LogP contribution is 2.18. The normalized spacial score (nSPS) is 15.7. The van der Waals surface area contributed by atoms with Gasteiger partial charge in [-0.2, -0.15) is 0 Å². The van der Waals surface area contributed by atoms with Crippen molar-refractivity contribution < 1.29 is 18.7 Å². The van der Waals surface area contributed by atoms with E-state index in [2.05, 4.69) is 0 Å². The van der Waals surface area contributed by atoms with Crippen LogP contribution in [0.4, 0.5) is 4.39 Å². The van der Waals surface area contributed by atoms with Gasteiger partial charge < -0.3 is 9.64 Å². The fraction of sp³-hybridized carbons (Fsp3) is 0.364. The summed E-state index contributed by atoms with van der Waals surface area (Å²) in [5, 5.41) is 0. The van der Waals surface area contributed by atoms with Crippen LogP contribution in [0.5, 0.6) is 5.75 Å². The standard InChI is InChI=1S/C22H24FNO3/c1-16(22(26)24-14-4-2-3-5-15-24)27-20-12-8-18(9-13-20)21(25)17-6-10-19(23)11-7-17/h6-13,16H,2-5,14-15H2,1H3/t16-/m0/s1. The van der Waals surface area contributed by atoms with Crippen LogP contribution in [0.2, 0.25) is 0 Å². The van der Waals surface area contributed by atoms with E-state index in [9.17, 15) is 14.0 Å². The molecular weight excluding hydrogens is 345 g/mol. The first-order chi connectivity index (χ1) is 13.0. The molecule has 0 aliphatic carbocycles. The molecule has 1 heterocycles. The lowest BCUT2D eigenvalue weighted by molar-refractivity contribution is -0.137. The topological polar surface area (TPSA) is 46.6 Å². The second kappa shape index (κ2) is 8.80. The van der Waals surface area contributed by atoms with Crippen LogP contribution in [0.15, 0.2) is 48.5 Å². The first kappa shape index (κ1) is 19.1. The van der Waals surface area contributed by atoms with Crippen molar-refractivity contribution in [1.29, 1.82) is 0 Å². The predicted molar refractivity (Wildman–Crippen MR) is 101 cm³/mol. The van der Waals surface area contributed by atoms with E-state index in [0.717, 1.165) is 25.9 Å². The number of rotatable bonds is 5. The number of halogens is 1. The second-order valence-electron chi connectivity index (χ2n) is 6.86. The minimum Gasteiger partial charge on any atom is -0.481 e. The van der Waals surface area contributed by atoms with Crippen molar-refractivity contribution in [3.63, 3.8) is 0 Å². The van der Waals surface area contributed by atoms with E-state index >= 15 is 0 Å². The van der Waals surface area contributed by atoms with Gasteiger partial charge in [0.2, 0.25) is 0 Å². The van der Waals surface area contributed by atoms with E-state index in [-0.39, 0.29) is 17.5 Å². The number of carbonyl (C=O) groups is 2. The van der Waals surface area contributed by atoms with Crippen LogP contribution >= 0.6 is 0 Å². The van der Waals surface area contributed by atoms with Crippen LogP contribution in [-0.4, -0.2) is 35.8 Å². The monoisotopic (exact) mass is 369 g/mol. The molecule has 1 amide bonds. The second-order valence-corrected chi connectivity index (χ2v) is 6.86. The van der Waals surface area contributed by atoms with Gasteiger partial charge in [-0.1, -0.05) is 12.8 Å². The van der Waals surface area contributed by atoms with Gasteiger partial charge in [0.25, 0.3) is 5.91 Å². The van der Waals surface area contributed by atoms with Crippen molar-refractivity contribution >= 4 is 11.7 Å². The molecule has 142 valence electrons. The van der Waals surface area contributed by atoms with Crippen molar-refractivity contribution in [3.8, 4) is 5.75 Å². The smallest absolute Gasteiger partial charge is 0.263 e. The summed E-state index contributed by atoms with van der Waals surface area (Å²) in [5.74, 6) is -0.0155. The van der Waals surface area contributed by atoms with E-state index in [1.165, 1.54) is 37.1 Å². The van der Waals surface area contributed by atoms with E-state index in [4.69, 9.17) is 4.74 Å². The molecule has 1 atom stereocenters. The molecule has 1 saturated heterocycles. The Balaban J connectivity index is 1.62. The maximum Gasteiger partial charge on any atom is 0.263 e. The van der Waals surface area contributed by atoms with Gasteiger partial charge in [-0.25, -0.2) is 4.39 Å². The number of ether oxygens (including phenoxy) is 1. The van der Waals surface area contributed by atoms with Crippen molar-refractivity contribution in [2.45, 2.75) is 38.7 Å². The maximum atomic E-state index is 13.0. The zero-order chi connectivity index (χ0) is 19.2. The molecule has 2 aromatic carbocycles. The summed E-state index contributed by atoms with van der Waals surface area (Å²) in [5.41, 5.74) is 0.912. The van der Waals surface area contributed by atoms with Crippen LogP contribution in [0.25, 0.3) is 0 Å². The summed E-state index contributed by atoms with van der Waals surface area (Å²) in [6, 6.07) is 12.1. The first-order valence-electron chi connectivity index (χ1n) is 9.40. The molecule has 0 N–H and O–H groups in total. The average molecular weight is 369 g/mol. The summed E-state index contributed by atoms with van der Waals surface area (Å²) >= 11 is 0. The summed E-state index contributed by atoms with van der Waals surface area (Å²) in [6.45, 7) is 3.33. The Bertz CT molecular complexity index is 778. The Labute approximate surface area is 158 Å². The zero-order valence-electron chi connectivity index (χ0n) is 15.5. The summed E-state index contributed by atoms with van der Waals surface area (Å²) in [6.07, 6.45) is 3.85. The quantitative estimate of drug-likeness (QED) is 0.741. The lowest BCUT2D eigenvalue weighted by Gasteiger charge is -2.24. The van der Waals surface area contributed by atoms with E-state index in [1.54, 1.807) is 31.2 Å². The lowest BCUT2D eigenvalue weighted by Crippen LogP contribution is -2.40. The third-order valence-electron chi connectivity index (χ3n) is 4.80. The Kier molecular flexibility index (Phi) is 6.22. The number of amides is 1. The molecule has 2 aromatic rings. The molecule has 4 nitrogen and oxygen atoms in total. The van der Waals surface area contributed by atoms with Crippen molar-refractivity contribution in [2.75, 3.05) is 13.1 Å². The molecule has 3 rings (SSSR count). The van der Waals surface area contributed by atoms with Gasteiger partial charge in [-0.3, -0.25) is 9.59 Å². The van der Waals surface area contributed by atoms with Crippen LogP contribution < -0.4 is 4.74 Å². The molecule has 0 saturated carbocycles. The van der Waals surface area contributed by atoms with Gasteiger partial charge in [-0.15, -0.1) is 0 Å². The Morgan fingerprint density at radius 3 is 1.96 bits per heavy atom. The minimum absolute atomic E-state index is 0.00312. The summed E-state index contributed by atoms with van der Waals surface area (Å²) < 4.78 is 18.8. The molecule has 0 bridgehead atoms. The van der Waals surface area contributed by atoms with E-state index in [1.807, 2.05) is 4.90 Å². The molecule has 0 unspecified atom stereocenters. The fourth-order valence-electron chi connectivity index (χ4n) is 3.26. The Morgan fingerprint density at radius 1 is 0.889 bits per heavy atom. The SMILES string of the molecule is C[C@H](Oc1ccc(C(=O)c2ccc(F)cc2)cc1)C(=O)N1CCCCCC1. The molecule has 0 spiro atoms. The Hall–Kier alpha value is -2.69. The van der Waals surface area contributed by atoms with Gasteiger partial charge in [-0.05, 0) is 68.3 Å². The summed E-state index contributed by atoms with van der Waals surface area (Å²) in [4.78, 5) is 26.9. The van der Waals surface area contributed by atoms with Crippen LogP contribution in [-0.2, 0) is 4.79 Å². The Morgan fingerprint density at radius 2 is 1.41 bits per heavy atom. The molecule has 0 radical (unpaired) electrons. The molecule has 5 heteroatoms. The largest absolute Gasteiger partial charge is 0.481 e. The van der Waals surface area contributed by atoms with Gasteiger partial charge in [0.15, 0.2) is 11.9 Å². The van der Waals surface area contributed by atoms with Gasteiger partial charge in [0.1, 0.15) is 11.6 Å². The van der Waals surface area contributed by atoms with Crippen molar-refractivity contribution in [2.24, 2.45) is 0 Å². The predicted octanol–water partition coefficient (Wildman–Crippen LogP) is 4.23. The number of ketones is 1. The number of nitrogens with zero attached hydrogens (tertiary/aromatic N) is 1. The highest BCUT2D eigenvalue weighted by Gasteiger charge is 2.22. The highest BCUT2D eigenvalue weighted by molar-refractivity contribution is 6.09. The molecule has 1 aliphatic heterocycles. The summed E-state index contributed by atoms with van der Waals surface area (Å²) in [7, 11) is 0. The van der Waals surface area contributed by atoms with Gasteiger partial charge >= 0.3 is 0 Å².